The molecule has 0 spiro atoms. The molecule has 0 unspecified atom stereocenters. The quantitative estimate of drug-likeness (QED) is 0.791. The van der Waals surface area contributed by atoms with Gasteiger partial charge in [0, 0.05) is 50.2 Å². The van der Waals surface area contributed by atoms with Crippen LogP contribution in [0, 0.1) is 0 Å². The maximum absolute atomic E-state index is 5.55. The molecule has 0 aliphatic carbocycles. The van der Waals surface area contributed by atoms with E-state index in [2.05, 4.69) is 19.8 Å². The van der Waals surface area contributed by atoms with Crippen molar-refractivity contribution in [1.29, 1.82) is 0 Å². The maximum atomic E-state index is 5.55. The van der Waals surface area contributed by atoms with Crippen molar-refractivity contribution in [3.05, 3.63) is 18.5 Å². The molecule has 3 fully saturated rings. The van der Waals surface area contributed by atoms with Gasteiger partial charge in [0.25, 0.3) is 0 Å². The average molecular weight is 260 g/mol. The Morgan fingerprint density at radius 3 is 2.68 bits per heavy atom. The first-order valence-corrected chi connectivity index (χ1v) is 7.30. The number of anilines is 1. The zero-order chi connectivity index (χ0) is 12.7. The van der Waals surface area contributed by atoms with Crippen LogP contribution >= 0.6 is 0 Å². The third kappa shape index (κ3) is 1.92. The summed E-state index contributed by atoms with van der Waals surface area (Å²) in [6, 6.07) is 3.80. The minimum absolute atomic E-state index is 0.600. The van der Waals surface area contributed by atoms with E-state index in [4.69, 9.17) is 4.74 Å². The summed E-state index contributed by atoms with van der Waals surface area (Å²) in [7, 11) is 0. The monoisotopic (exact) mass is 260 g/mol. The molecule has 5 nitrogen and oxygen atoms in total. The topological polar surface area (TPSA) is 41.5 Å². The first-order chi connectivity index (χ1) is 9.43. The van der Waals surface area contributed by atoms with Crippen LogP contribution in [0.2, 0.25) is 0 Å². The number of ether oxygens (including phenoxy) is 1. The zero-order valence-corrected chi connectivity index (χ0v) is 11.1. The highest BCUT2D eigenvalue weighted by Gasteiger charge is 2.46. The first kappa shape index (κ1) is 11.6. The minimum Gasteiger partial charge on any atom is -0.380 e. The second-order valence-electron chi connectivity index (χ2n) is 5.71. The molecule has 0 amide bonds. The van der Waals surface area contributed by atoms with E-state index in [9.17, 15) is 0 Å². The van der Waals surface area contributed by atoms with Crippen LogP contribution in [0.3, 0.4) is 0 Å². The predicted octanol–water partition coefficient (Wildman–Crippen LogP) is 0.918. The van der Waals surface area contributed by atoms with Gasteiger partial charge >= 0.3 is 0 Å². The summed E-state index contributed by atoms with van der Waals surface area (Å²) in [5, 5.41) is 0. The second kappa shape index (κ2) is 4.72. The van der Waals surface area contributed by atoms with Crippen LogP contribution < -0.4 is 4.90 Å². The van der Waals surface area contributed by atoms with Crippen molar-refractivity contribution in [1.82, 2.24) is 14.9 Å². The van der Waals surface area contributed by atoms with Crippen molar-refractivity contribution in [2.24, 2.45) is 0 Å². The second-order valence-corrected chi connectivity index (χ2v) is 5.71. The molecule has 1 aromatic heterocycles. The molecule has 0 saturated carbocycles. The highest BCUT2D eigenvalue weighted by atomic mass is 16.5. The molecule has 1 aromatic rings. The molecule has 102 valence electrons. The lowest BCUT2D eigenvalue weighted by Gasteiger charge is -2.29. The van der Waals surface area contributed by atoms with Gasteiger partial charge in [0.2, 0.25) is 5.95 Å². The van der Waals surface area contributed by atoms with Crippen LogP contribution in [0.1, 0.15) is 19.3 Å². The van der Waals surface area contributed by atoms with Gasteiger partial charge in [-0.1, -0.05) is 0 Å². The van der Waals surface area contributed by atoms with E-state index in [0.717, 1.165) is 25.7 Å². The van der Waals surface area contributed by atoms with E-state index in [1.165, 1.54) is 25.8 Å². The SMILES string of the molecule is c1cnc(N2CC[C@@H]3[C@@H]2CCN3[C@@H]2CCOC2)nc1. The Bertz CT molecular complexity index is 434. The van der Waals surface area contributed by atoms with E-state index in [0.29, 0.717) is 18.1 Å². The van der Waals surface area contributed by atoms with Crippen LogP contribution in [0.15, 0.2) is 18.5 Å². The summed E-state index contributed by atoms with van der Waals surface area (Å²) in [6.07, 6.45) is 7.35. The first-order valence-electron chi connectivity index (χ1n) is 7.30. The van der Waals surface area contributed by atoms with E-state index in [1.54, 1.807) is 0 Å². The van der Waals surface area contributed by atoms with Crippen LogP contribution in [0.5, 0.6) is 0 Å². The summed E-state index contributed by atoms with van der Waals surface area (Å²) >= 11 is 0. The predicted molar refractivity (Wildman–Crippen MR) is 72.1 cm³/mol. The lowest BCUT2D eigenvalue weighted by Crippen LogP contribution is -2.42. The summed E-state index contributed by atoms with van der Waals surface area (Å²) in [5.41, 5.74) is 0. The zero-order valence-electron chi connectivity index (χ0n) is 11.1. The fourth-order valence-corrected chi connectivity index (χ4v) is 3.94. The molecule has 3 saturated heterocycles. The van der Waals surface area contributed by atoms with Gasteiger partial charge in [-0.25, -0.2) is 9.97 Å². The standard InChI is InChI=1S/C14H20N4O/c1-5-15-14(16-6-1)18-8-3-12-13(18)2-7-17(12)11-4-9-19-10-11/h1,5-6,11-13H,2-4,7-10H2/t11-,12-,13+/m1/s1. The Balaban J connectivity index is 1.52. The lowest BCUT2D eigenvalue weighted by atomic mass is 10.1. The number of hydrogen-bond acceptors (Lipinski definition) is 5. The molecule has 0 N–H and O–H groups in total. The number of likely N-dealkylation sites (tertiary alicyclic amines) is 1. The Kier molecular flexibility index (Phi) is 2.89. The molecule has 4 rings (SSSR count). The number of hydrogen-bond donors (Lipinski definition) is 0. The molecule has 3 atom stereocenters. The molecule has 3 aliphatic rings. The number of nitrogens with zero attached hydrogens (tertiary/aromatic N) is 4. The van der Waals surface area contributed by atoms with E-state index < -0.39 is 0 Å². The van der Waals surface area contributed by atoms with Crippen molar-refractivity contribution in [2.45, 2.75) is 37.4 Å². The summed E-state index contributed by atoms with van der Waals surface area (Å²) in [6.45, 7) is 4.14. The summed E-state index contributed by atoms with van der Waals surface area (Å²) < 4.78 is 5.55. The van der Waals surface area contributed by atoms with Crippen molar-refractivity contribution in [2.75, 3.05) is 31.2 Å². The van der Waals surface area contributed by atoms with Crippen molar-refractivity contribution in [3.8, 4) is 0 Å². The van der Waals surface area contributed by atoms with Crippen molar-refractivity contribution < 1.29 is 4.74 Å². The summed E-state index contributed by atoms with van der Waals surface area (Å²) in [4.78, 5) is 13.9. The lowest BCUT2D eigenvalue weighted by molar-refractivity contribution is 0.135. The fourth-order valence-electron chi connectivity index (χ4n) is 3.94. The normalized spacial score (nSPS) is 34.9. The van der Waals surface area contributed by atoms with Crippen LogP contribution in [0.4, 0.5) is 5.95 Å². The fraction of sp³-hybridized carbons (Fsp3) is 0.714. The van der Waals surface area contributed by atoms with Gasteiger partial charge in [-0.15, -0.1) is 0 Å². The van der Waals surface area contributed by atoms with Gasteiger partial charge in [0.15, 0.2) is 0 Å². The average Bonchev–Trinajstić information content (AvgIpc) is 3.16. The number of rotatable bonds is 2. The molecule has 4 heterocycles. The van der Waals surface area contributed by atoms with E-state index in [-0.39, 0.29) is 0 Å². The highest BCUT2D eigenvalue weighted by molar-refractivity contribution is 5.35. The number of fused-ring (bicyclic) bond motifs is 1. The third-order valence-corrected chi connectivity index (χ3v) is 4.80. The highest BCUT2D eigenvalue weighted by Crippen LogP contribution is 2.35. The Hall–Kier alpha value is -1.20. The van der Waals surface area contributed by atoms with Gasteiger partial charge in [-0.3, -0.25) is 4.90 Å². The van der Waals surface area contributed by atoms with Crippen LogP contribution in [-0.4, -0.2) is 59.3 Å². The summed E-state index contributed by atoms with van der Waals surface area (Å²) in [5.74, 6) is 0.902. The van der Waals surface area contributed by atoms with Crippen molar-refractivity contribution >= 4 is 5.95 Å². The van der Waals surface area contributed by atoms with E-state index >= 15 is 0 Å². The van der Waals surface area contributed by atoms with Gasteiger partial charge in [0.1, 0.15) is 0 Å². The smallest absolute Gasteiger partial charge is 0.225 e. The minimum atomic E-state index is 0.600. The molecule has 0 radical (unpaired) electrons. The molecular formula is C14H20N4O. The Labute approximate surface area is 113 Å². The number of aromatic nitrogens is 2. The van der Waals surface area contributed by atoms with Gasteiger partial charge in [0.05, 0.1) is 6.61 Å². The van der Waals surface area contributed by atoms with Gasteiger partial charge in [-0.05, 0) is 25.3 Å². The molecule has 5 heteroatoms. The van der Waals surface area contributed by atoms with Crippen molar-refractivity contribution in [3.63, 3.8) is 0 Å². The largest absolute Gasteiger partial charge is 0.380 e. The molecule has 0 aromatic carbocycles. The van der Waals surface area contributed by atoms with E-state index in [1.807, 2.05) is 18.5 Å². The Morgan fingerprint density at radius 2 is 1.89 bits per heavy atom. The molecule has 3 aliphatic heterocycles. The third-order valence-electron chi connectivity index (χ3n) is 4.80. The molecular weight excluding hydrogens is 240 g/mol. The molecule has 0 bridgehead atoms. The van der Waals surface area contributed by atoms with Crippen LogP contribution in [0.25, 0.3) is 0 Å². The van der Waals surface area contributed by atoms with Crippen LogP contribution in [-0.2, 0) is 4.74 Å². The van der Waals surface area contributed by atoms with Gasteiger partial charge < -0.3 is 9.64 Å². The maximum Gasteiger partial charge on any atom is 0.225 e. The van der Waals surface area contributed by atoms with Gasteiger partial charge in [-0.2, -0.15) is 0 Å². The molecule has 19 heavy (non-hydrogen) atoms. The Morgan fingerprint density at radius 1 is 1.05 bits per heavy atom.